The monoisotopic (exact) mass is 708 g/mol. The summed E-state index contributed by atoms with van der Waals surface area (Å²) < 4.78 is 34.2. The van der Waals surface area contributed by atoms with Crippen LogP contribution in [0.1, 0.15) is 51.5 Å². The first kappa shape index (κ1) is 35.3. The molecule has 51 heavy (non-hydrogen) atoms. The van der Waals surface area contributed by atoms with E-state index in [0.29, 0.717) is 12.8 Å². The van der Waals surface area contributed by atoms with Gasteiger partial charge in [-0.1, -0.05) is 12.1 Å². The van der Waals surface area contributed by atoms with Crippen LogP contribution in [0.2, 0.25) is 0 Å². The van der Waals surface area contributed by atoms with Gasteiger partial charge in [-0.25, -0.2) is 28.1 Å². The van der Waals surface area contributed by atoms with E-state index in [4.69, 9.17) is 4.65 Å². The number of nitrogens with zero attached hydrogens (tertiary/aromatic N) is 4. The van der Waals surface area contributed by atoms with E-state index >= 15 is 0 Å². The molecule has 2 aromatic carbocycles. The van der Waals surface area contributed by atoms with Gasteiger partial charge in [0.15, 0.2) is 17.3 Å². The Bertz CT molecular complexity index is 1860. The minimum Gasteiger partial charge on any atom is -0.534 e. The molecule has 0 spiro atoms. The summed E-state index contributed by atoms with van der Waals surface area (Å²) in [7, 11) is -1.87. The van der Waals surface area contributed by atoms with Crippen molar-refractivity contribution in [3.8, 4) is 17.2 Å². The van der Waals surface area contributed by atoms with E-state index in [-0.39, 0.29) is 42.2 Å². The molecule has 0 unspecified atom stereocenters. The van der Waals surface area contributed by atoms with Gasteiger partial charge < -0.3 is 40.5 Å². The van der Waals surface area contributed by atoms with Crippen molar-refractivity contribution in [1.82, 2.24) is 30.3 Å². The van der Waals surface area contributed by atoms with Gasteiger partial charge in [-0.05, 0) is 61.1 Å². The molecule has 0 bridgehead atoms. The number of nitrogens with one attached hydrogen (secondary N) is 2. The van der Waals surface area contributed by atoms with Gasteiger partial charge in [-0.2, -0.15) is 0 Å². The van der Waals surface area contributed by atoms with Crippen LogP contribution in [0.25, 0.3) is 0 Å². The third-order valence-corrected chi connectivity index (χ3v) is 9.53. The summed E-state index contributed by atoms with van der Waals surface area (Å²) in [5, 5.41) is 45.4. The van der Waals surface area contributed by atoms with E-state index in [1.54, 1.807) is 17.3 Å². The van der Waals surface area contributed by atoms with Gasteiger partial charge in [0.05, 0.1) is 5.94 Å². The number of phenols is 2. The number of aromatic carboxylic acids is 1. The van der Waals surface area contributed by atoms with Crippen LogP contribution in [0.15, 0.2) is 42.7 Å². The van der Waals surface area contributed by atoms with Crippen molar-refractivity contribution < 1.29 is 53.0 Å². The van der Waals surface area contributed by atoms with Crippen LogP contribution in [-0.2, 0) is 17.8 Å². The van der Waals surface area contributed by atoms with E-state index in [1.807, 2.05) is 12.1 Å². The predicted molar refractivity (Wildman–Crippen MR) is 175 cm³/mol. The number of benzene rings is 2. The molecule has 1 aromatic heterocycles. The van der Waals surface area contributed by atoms with Crippen LogP contribution in [0, 0.1) is 18.6 Å². The average Bonchev–Trinajstić information content (AvgIpc) is 3.50. The number of likely N-dealkylation sites (tertiary alicyclic amines) is 1. The molecule has 268 valence electrons. The van der Waals surface area contributed by atoms with E-state index in [9.17, 15) is 48.3 Å². The smallest absolute Gasteiger partial charge is 0.534 e. The molecule has 2 atom stereocenters. The lowest BCUT2D eigenvalue weighted by molar-refractivity contribution is -0.123. The van der Waals surface area contributed by atoms with Crippen LogP contribution >= 0.6 is 0 Å². The summed E-state index contributed by atoms with van der Waals surface area (Å²) in [4.78, 5) is 61.5. The second kappa shape index (κ2) is 14.4. The van der Waals surface area contributed by atoms with Crippen molar-refractivity contribution in [2.75, 3.05) is 26.2 Å². The van der Waals surface area contributed by atoms with E-state index in [0.717, 1.165) is 42.2 Å². The fraction of sp³-hybridized carbons (Fsp3) is 0.364. The fourth-order valence-corrected chi connectivity index (χ4v) is 6.77. The lowest BCUT2D eigenvalue weighted by Crippen LogP contribution is -2.56. The molecule has 3 aliphatic heterocycles. The van der Waals surface area contributed by atoms with Crippen LogP contribution in [-0.4, -0.2) is 109 Å². The molecule has 2 saturated heterocycles. The third kappa shape index (κ3) is 7.09. The summed E-state index contributed by atoms with van der Waals surface area (Å²) in [5.74, 6) is -8.68. The van der Waals surface area contributed by atoms with Crippen molar-refractivity contribution in [1.29, 1.82) is 0 Å². The molecule has 5 amide bonds. The number of carboxylic acids is 1. The number of aromatic hydroxyl groups is 2. The summed E-state index contributed by atoms with van der Waals surface area (Å²) in [6.07, 6.45) is 4.63. The molecule has 3 aliphatic rings. The van der Waals surface area contributed by atoms with Crippen LogP contribution in [0.4, 0.5) is 18.4 Å². The molecule has 6 N–H and O–H groups in total. The summed E-state index contributed by atoms with van der Waals surface area (Å²) in [6.45, 7) is 3.68. The number of carbonyl (C=O) groups excluding carboxylic acids is 3. The second-order valence-electron chi connectivity index (χ2n) is 12.7. The highest BCUT2D eigenvalue weighted by Gasteiger charge is 2.43. The number of piperidine rings is 1. The molecule has 0 radical (unpaired) electrons. The number of pyridine rings is 1. The molecular formula is C33H35BF2N6O9. The van der Waals surface area contributed by atoms with Crippen molar-refractivity contribution in [3.63, 3.8) is 0 Å². The van der Waals surface area contributed by atoms with Gasteiger partial charge in [-0.3, -0.25) is 14.7 Å². The molecule has 2 fully saturated rings. The van der Waals surface area contributed by atoms with E-state index in [1.165, 1.54) is 13.0 Å². The Hall–Kier alpha value is -5.49. The number of hydrogen-bond acceptors (Lipinski definition) is 10. The summed E-state index contributed by atoms with van der Waals surface area (Å²) in [6, 6.07) is 3.27. The maximum atomic E-state index is 14.7. The average molecular weight is 708 g/mol. The maximum Gasteiger partial charge on any atom is 0.547 e. The van der Waals surface area contributed by atoms with Crippen LogP contribution in [0.3, 0.4) is 0 Å². The predicted octanol–water partition coefficient (Wildman–Crippen LogP) is 2.07. The van der Waals surface area contributed by atoms with E-state index in [2.05, 4.69) is 20.5 Å². The highest BCUT2D eigenvalue weighted by Crippen LogP contribution is 2.37. The first-order valence-corrected chi connectivity index (χ1v) is 16.2. The standard InChI is InChI=1S/C33H35BF2N6O9/c1-17-21(14-23(36)28(44)27(17)43)26(30(45)38-24-13-19-4-5-22(35)25(31(46)47)29(19)51-34(24)50)39-32(48)42-12-11-41(33(42)49)20-6-9-40(10-7-20)16-18-3-2-8-37-15-18/h2-5,8,14-15,20,24,26,43-44,50H,6-7,9-13,16H2,1H3,(H,38,45)(H,39,48)(H,46,47)/t24-,26+/m0/s1. The molecule has 6 rings (SSSR count). The summed E-state index contributed by atoms with van der Waals surface area (Å²) >= 11 is 0. The first-order valence-electron chi connectivity index (χ1n) is 16.2. The Labute approximate surface area is 290 Å². The number of carbonyl (C=O) groups is 4. The van der Waals surface area contributed by atoms with Gasteiger partial charge in [-0.15, -0.1) is 0 Å². The summed E-state index contributed by atoms with van der Waals surface area (Å²) in [5.41, 5.74) is 0.00535. The zero-order valence-corrected chi connectivity index (χ0v) is 27.4. The Morgan fingerprint density at radius 3 is 2.51 bits per heavy atom. The van der Waals surface area contributed by atoms with E-state index < -0.39 is 77.5 Å². The minimum atomic E-state index is -1.87. The topological polar surface area (TPSA) is 205 Å². The maximum absolute atomic E-state index is 14.7. The van der Waals surface area contributed by atoms with Gasteiger partial charge in [0, 0.05) is 56.7 Å². The van der Waals surface area contributed by atoms with Gasteiger partial charge >= 0.3 is 25.1 Å². The lowest BCUT2D eigenvalue weighted by Gasteiger charge is -2.36. The number of fused-ring (bicyclic) bond motifs is 1. The number of rotatable bonds is 8. The number of aromatic nitrogens is 1. The van der Waals surface area contributed by atoms with Gasteiger partial charge in [0.2, 0.25) is 5.91 Å². The quantitative estimate of drug-likeness (QED) is 0.148. The molecule has 15 nitrogen and oxygen atoms in total. The van der Waals surface area contributed by atoms with Crippen LogP contribution < -0.4 is 15.3 Å². The van der Waals surface area contributed by atoms with Crippen molar-refractivity contribution in [3.05, 3.63) is 82.2 Å². The molecule has 4 heterocycles. The molecule has 3 aromatic rings. The Morgan fingerprint density at radius 2 is 1.82 bits per heavy atom. The second-order valence-corrected chi connectivity index (χ2v) is 12.7. The van der Waals surface area contributed by atoms with Crippen LogP contribution in [0.5, 0.6) is 17.2 Å². The number of hydrogen-bond donors (Lipinski definition) is 6. The number of carboxylic acid groups (broad SMARTS) is 1. The number of imide groups is 1. The number of phenolic OH excluding ortho intramolecular Hbond substituents is 2. The Morgan fingerprint density at radius 1 is 1.08 bits per heavy atom. The van der Waals surface area contributed by atoms with Gasteiger partial charge in [0.1, 0.15) is 23.2 Å². The Kier molecular flexibility index (Phi) is 9.98. The third-order valence-electron chi connectivity index (χ3n) is 9.53. The number of urea groups is 2. The highest BCUT2D eigenvalue weighted by molar-refractivity contribution is 6.47. The Balaban J connectivity index is 1.17. The molecule has 0 saturated carbocycles. The zero-order valence-electron chi connectivity index (χ0n) is 27.4. The first-order chi connectivity index (χ1) is 24.3. The lowest BCUT2D eigenvalue weighted by atomic mass is 9.72. The SMILES string of the molecule is Cc1c([C@@H](NC(=O)N2CCN(C3CCN(Cc4cccnc4)CC3)C2=O)C(=O)N[C@H]2Cc3ccc(F)c(C(=O)O)c3OB2O)cc(F)c(O)c1O. The number of amides is 5. The zero-order chi connectivity index (χ0) is 36.6. The molecule has 18 heteroatoms. The van der Waals surface area contributed by atoms with Crippen molar-refractivity contribution in [2.45, 2.75) is 50.8 Å². The molecule has 0 aliphatic carbocycles. The van der Waals surface area contributed by atoms with Crippen molar-refractivity contribution in [2.24, 2.45) is 0 Å². The van der Waals surface area contributed by atoms with Gasteiger partial charge in [0.25, 0.3) is 0 Å². The van der Waals surface area contributed by atoms with Crippen molar-refractivity contribution >= 4 is 31.1 Å². The largest absolute Gasteiger partial charge is 0.547 e. The normalized spacial score (nSPS) is 18.6. The molecular weight excluding hydrogens is 673 g/mol. The minimum absolute atomic E-state index is 0.00247. The fourth-order valence-electron chi connectivity index (χ4n) is 6.77. The number of halogens is 2. The highest BCUT2D eigenvalue weighted by atomic mass is 19.1.